The van der Waals surface area contributed by atoms with Crippen molar-refractivity contribution in [1.29, 1.82) is 0 Å². The molecule has 3 aromatic rings. The summed E-state index contributed by atoms with van der Waals surface area (Å²) in [5.41, 5.74) is 2.01. The Kier molecular flexibility index (Phi) is 6.76. The molecule has 31 heavy (non-hydrogen) atoms. The number of aromatic nitrogens is 1. The van der Waals surface area contributed by atoms with E-state index >= 15 is 0 Å². The van der Waals surface area contributed by atoms with Gasteiger partial charge in [-0.3, -0.25) is 4.72 Å². The first-order chi connectivity index (χ1) is 14.7. The van der Waals surface area contributed by atoms with Crippen LogP contribution >= 0.6 is 11.3 Å². The van der Waals surface area contributed by atoms with Crippen LogP contribution in [-0.2, 0) is 19.6 Å². The Morgan fingerprint density at radius 3 is 2.55 bits per heavy atom. The number of esters is 1. The summed E-state index contributed by atoms with van der Waals surface area (Å²) in [6.45, 7) is 5.31. The highest BCUT2D eigenvalue weighted by Crippen LogP contribution is 2.30. The van der Waals surface area contributed by atoms with Gasteiger partial charge >= 0.3 is 12.0 Å². The summed E-state index contributed by atoms with van der Waals surface area (Å²) < 4.78 is 33.1. The van der Waals surface area contributed by atoms with Crippen LogP contribution in [0.1, 0.15) is 19.4 Å². The van der Waals surface area contributed by atoms with Crippen molar-refractivity contribution in [1.82, 2.24) is 10.3 Å². The number of amides is 2. The van der Waals surface area contributed by atoms with E-state index in [0.717, 1.165) is 16.9 Å². The number of carbonyl (C=O) groups is 2. The fourth-order valence-corrected chi connectivity index (χ4v) is 4.77. The molecule has 0 radical (unpaired) electrons. The van der Waals surface area contributed by atoms with E-state index in [2.05, 4.69) is 20.3 Å². The van der Waals surface area contributed by atoms with E-state index in [4.69, 9.17) is 4.74 Å². The Morgan fingerprint density at radius 2 is 1.87 bits per heavy atom. The van der Waals surface area contributed by atoms with Crippen molar-refractivity contribution in [3.8, 4) is 0 Å². The first-order valence-corrected chi connectivity index (χ1v) is 11.7. The number of nitrogens with zero attached hydrogens (tertiary/aromatic N) is 1. The first kappa shape index (κ1) is 22.5. The molecule has 11 heteroatoms. The minimum atomic E-state index is -3.76. The normalized spacial score (nSPS) is 12.2. The van der Waals surface area contributed by atoms with Gasteiger partial charge in [-0.15, -0.1) is 0 Å². The van der Waals surface area contributed by atoms with Gasteiger partial charge in [-0.1, -0.05) is 29.0 Å². The van der Waals surface area contributed by atoms with Gasteiger partial charge in [0.25, 0.3) is 10.0 Å². The largest absolute Gasteiger partial charge is 0.464 e. The van der Waals surface area contributed by atoms with Crippen LogP contribution in [0.15, 0.2) is 47.4 Å². The second-order valence-corrected chi connectivity index (χ2v) is 9.41. The predicted octanol–water partition coefficient (Wildman–Crippen LogP) is 3.48. The molecule has 1 heterocycles. The number of thiazole rings is 1. The number of urea groups is 1. The number of hydrogen-bond acceptors (Lipinski definition) is 7. The Morgan fingerprint density at radius 1 is 1.16 bits per heavy atom. The third kappa shape index (κ3) is 5.70. The summed E-state index contributed by atoms with van der Waals surface area (Å²) in [4.78, 5) is 28.2. The molecule has 0 aliphatic heterocycles. The van der Waals surface area contributed by atoms with Crippen LogP contribution in [0, 0.1) is 6.92 Å². The zero-order chi connectivity index (χ0) is 22.6. The van der Waals surface area contributed by atoms with Gasteiger partial charge in [0.05, 0.1) is 21.7 Å². The number of carbonyl (C=O) groups excluding carboxylic acids is 2. The predicted molar refractivity (Wildman–Crippen MR) is 120 cm³/mol. The lowest BCUT2D eigenvalue weighted by atomic mass is 10.2. The van der Waals surface area contributed by atoms with Gasteiger partial charge in [-0.25, -0.2) is 23.0 Å². The molecule has 0 saturated carbocycles. The van der Waals surface area contributed by atoms with E-state index in [9.17, 15) is 18.0 Å². The number of benzene rings is 2. The molecule has 0 fully saturated rings. The van der Waals surface area contributed by atoms with Crippen LogP contribution < -0.4 is 15.4 Å². The Bertz CT molecular complexity index is 1210. The van der Waals surface area contributed by atoms with Crippen LogP contribution in [0.2, 0.25) is 0 Å². The highest BCUT2D eigenvalue weighted by molar-refractivity contribution is 7.93. The quantitative estimate of drug-likeness (QED) is 0.462. The summed E-state index contributed by atoms with van der Waals surface area (Å²) in [6, 6.07) is 10.1. The highest BCUT2D eigenvalue weighted by Gasteiger charge is 2.18. The monoisotopic (exact) mass is 462 g/mol. The molecule has 2 aromatic carbocycles. The van der Waals surface area contributed by atoms with Crippen LogP contribution in [-0.4, -0.2) is 38.1 Å². The van der Waals surface area contributed by atoms with Crippen LogP contribution in [0.5, 0.6) is 0 Å². The Labute approximate surface area is 183 Å². The van der Waals surface area contributed by atoms with Crippen molar-refractivity contribution < 1.29 is 22.7 Å². The van der Waals surface area contributed by atoms with Crippen molar-refractivity contribution in [2.75, 3.05) is 16.6 Å². The lowest BCUT2D eigenvalue weighted by molar-refractivity contribution is -0.144. The highest BCUT2D eigenvalue weighted by atomic mass is 32.2. The van der Waals surface area contributed by atoms with Crippen molar-refractivity contribution in [3.05, 3.63) is 48.0 Å². The topological polar surface area (TPSA) is 126 Å². The van der Waals surface area contributed by atoms with E-state index in [1.165, 1.54) is 19.1 Å². The summed E-state index contributed by atoms with van der Waals surface area (Å²) in [7, 11) is -3.76. The van der Waals surface area contributed by atoms with Gasteiger partial charge in [0.15, 0.2) is 5.13 Å². The Balaban J connectivity index is 1.70. The van der Waals surface area contributed by atoms with E-state index in [1.807, 2.05) is 6.92 Å². The first-order valence-electron chi connectivity index (χ1n) is 9.42. The molecule has 0 saturated heterocycles. The van der Waals surface area contributed by atoms with Crippen molar-refractivity contribution in [3.63, 3.8) is 0 Å². The third-order valence-electron chi connectivity index (χ3n) is 4.19. The summed E-state index contributed by atoms with van der Waals surface area (Å²) in [6.07, 6.45) is 0. The minimum absolute atomic E-state index is 0.145. The van der Waals surface area contributed by atoms with Gasteiger partial charge in [0.1, 0.15) is 6.04 Å². The van der Waals surface area contributed by atoms with Crippen molar-refractivity contribution in [2.45, 2.75) is 31.7 Å². The molecule has 164 valence electrons. The molecule has 3 rings (SSSR count). The molecule has 0 bridgehead atoms. The molecular formula is C20H22N4O5S2. The number of sulfonamides is 1. The molecule has 0 spiro atoms. The molecule has 3 N–H and O–H groups in total. The number of aryl methyl sites for hydroxylation is 1. The van der Waals surface area contributed by atoms with Gasteiger partial charge in [0.2, 0.25) is 0 Å². The third-order valence-corrected chi connectivity index (χ3v) is 6.60. The van der Waals surface area contributed by atoms with Crippen LogP contribution in [0.25, 0.3) is 10.2 Å². The van der Waals surface area contributed by atoms with E-state index in [-0.39, 0.29) is 16.6 Å². The smallest absolute Gasteiger partial charge is 0.328 e. The molecule has 0 aliphatic carbocycles. The van der Waals surface area contributed by atoms with Crippen molar-refractivity contribution >= 4 is 54.4 Å². The number of hydrogen-bond donors (Lipinski definition) is 3. The van der Waals surface area contributed by atoms with E-state index in [1.54, 1.807) is 37.3 Å². The Hall–Kier alpha value is -3.18. The van der Waals surface area contributed by atoms with Crippen LogP contribution in [0.4, 0.5) is 15.6 Å². The number of nitrogens with one attached hydrogen (secondary N) is 3. The van der Waals surface area contributed by atoms with Gasteiger partial charge in [-0.2, -0.15) is 0 Å². The summed E-state index contributed by atoms with van der Waals surface area (Å²) in [5.74, 6) is -0.527. The number of anilines is 2. The number of rotatable bonds is 7. The molecule has 1 aromatic heterocycles. The van der Waals surface area contributed by atoms with E-state index in [0.29, 0.717) is 15.9 Å². The lowest BCUT2D eigenvalue weighted by Gasteiger charge is -2.13. The molecule has 0 unspecified atom stereocenters. The van der Waals surface area contributed by atoms with E-state index < -0.39 is 28.1 Å². The van der Waals surface area contributed by atoms with Gasteiger partial charge in [-0.05, 0) is 51.1 Å². The summed E-state index contributed by atoms with van der Waals surface area (Å²) in [5, 5.41) is 5.34. The second-order valence-electron chi connectivity index (χ2n) is 6.69. The molecule has 2 amide bonds. The fraction of sp³-hybridized carbons (Fsp3) is 0.250. The standard InChI is InChI=1S/C20H22N4O5S2/c1-4-29-18(25)13(3)21-19(26)22-14-7-10-16-17(11-14)30-20(23-16)24-31(27,28)15-8-5-12(2)6-9-15/h5-11,13H,4H2,1-3H3,(H,23,24)(H2,21,22,26)/t13-/m1/s1. The maximum Gasteiger partial charge on any atom is 0.328 e. The maximum absolute atomic E-state index is 12.6. The summed E-state index contributed by atoms with van der Waals surface area (Å²) >= 11 is 1.14. The molecule has 9 nitrogen and oxygen atoms in total. The van der Waals surface area contributed by atoms with Gasteiger partial charge in [0, 0.05) is 5.69 Å². The number of fused-ring (bicyclic) bond motifs is 1. The SMILES string of the molecule is CCOC(=O)[C@@H](C)NC(=O)Nc1ccc2nc(NS(=O)(=O)c3ccc(C)cc3)sc2c1. The zero-order valence-corrected chi connectivity index (χ0v) is 18.8. The molecule has 1 atom stereocenters. The average Bonchev–Trinajstić information content (AvgIpc) is 3.09. The zero-order valence-electron chi connectivity index (χ0n) is 17.1. The fourth-order valence-electron chi connectivity index (χ4n) is 2.63. The minimum Gasteiger partial charge on any atom is -0.464 e. The van der Waals surface area contributed by atoms with Crippen molar-refractivity contribution in [2.24, 2.45) is 0 Å². The maximum atomic E-state index is 12.6. The molecule has 0 aliphatic rings. The number of ether oxygens (including phenoxy) is 1. The molecular weight excluding hydrogens is 440 g/mol. The van der Waals surface area contributed by atoms with Gasteiger partial charge < -0.3 is 15.4 Å². The average molecular weight is 463 g/mol. The van der Waals surface area contributed by atoms with Crippen LogP contribution in [0.3, 0.4) is 0 Å². The lowest BCUT2D eigenvalue weighted by Crippen LogP contribution is -2.41. The second kappa shape index (κ2) is 9.31.